The highest BCUT2D eigenvalue weighted by atomic mass is 32.1. The molecular formula is C17H22F2N4S. The molecule has 0 unspecified atom stereocenters. The summed E-state index contributed by atoms with van der Waals surface area (Å²) in [6.45, 7) is 2.81. The predicted octanol–water partition coefficient (Wildman–Crippen LogP) is 3.56. The monoisotopic (exact) mass is 352 g/mol. The first-order valence-corrected chi connectivity index (χ1v) is 8.89. The highest BCUT2D eigenvalue weighted by molar-refractivity contribution is 7.15. The normalized spacial score (nSPS) is 18.6. The van der Waals surface area contributed by atoms with E-state index < -0.39 is 11.6 Å². The molecule has 0 radical (unpaired) electrons. The Labute approximate surface area is 145 Å². The van der Waals surface area contributed by atoms with E-state index in [0.29, 0.717) is 5.69 Å². The zero-order chi connectivity index (χ0) is 17.1. The molecule has 130 valence electrons. The Kier molecular flexibility index (Phi) is 5.30. The summed E-state index contributed by atoms with van der Waals surface area (Å²) in [7, 11) is 3.98. The van der Waals surface area contributed by atoms with Crippen molar-refractivity contribution in [3.8, 4) is 0 Å². The molecule has 0 saturated carbocycles. The van der Waals surface area contributed by atoms with Gasteiger partial charge in [0.05, 0.1) is 0 Å². The van der Waals surface area contributed by atoms with Crippen molar-refractivity contribution in [1.29, 1.82) is 0 Å². The summed E-state index contributed by atoms with van der Waals surface area (Å²) in [5.74, 6) is -1.62. The van der Waals surface area contributed by atoms with Crippen LogP contribution in [0.3, 0.4) is 0 Å². The lowest BCUT2D eigenvalue weighted by molar-refractivity contribution is 0.210. The lowest BCUT2D eigenvalue weighted by atomic mass is 10.1. The molecule has 0 amide bonds. The van der Waals surface area contributed by atoms with E-state index in [2.05, 4.69) is 15.2 Å². The van der Waals surface area contributed by atoms with Crippen molar-refractivity contribution in [2.75, 3.05) is 37.4 Å². The summed E-state index contributed by atoms with van der Waals surface area (Å²) in [6, 6.07) is 4.22. The predicted molar refractivity (Wildman–Crippen MR) is 94.7 cm³/mol. The lowest BCUT2D eigenvalue weighted by Gasteiger charge is -2.33. The Balaban J connectivity index is 1.58. The number of hydrogen-bond acceptors (Lipinski definition) is 5. The molecule has 0 aliphatic carbocycles. The third-order valence-electron chi connectivity index (χ3n) is 4.10. The van der Waals surface area contributed by atoms with E-state index in [0.717, 1.165) is 37.6 Å². The van der Waals surface area contributed by atoms with Crippen LogP contribution in [0.2, 0.25) is 0 Å². The van der Waals surface area contributed by atoms with Gasteiger partial charge in [-0.15, -0.1) is 11.3 Å². The largest absolute Gasteiger partial charge is 0.381 e. The fraction of sp³-hybridized carbons (Fsp3) is 0.471. The van der Waals surface area contributed by atoms with Gasteiger partial charge in [-0.2, -0.15) is 0 Å². The maximum absolute atomic E-state index is 13.3. The molecule has 1 saturated heterocycles. The van der Waals surface area contributed by atoms with E-state index in [-0.39, 0.29) is 6.04 Å². The maximum atomic E-state index is 13.3. The minimum atomic E-state index is -0.812. The van der Waals surface area contributed by atoms with Gasteiger partial charge in [0.15, 0.2) is 16.8 Å². The van der Waals surface area contributed by atoms with Gasteiger partial charge in [0.2, 0.25) is 0 Å². The molecule has 7 heteroatoms. The number of anilines is 2. The number of halogens is 2. The molecule has 1 aromatic heterocycles. The Morgan fingerprint density at radius 1 is 1.33 bits per heavy atom. The Morgan fingerprint density at radius 2 is 2.17 bits per heavy atom. The topological polar surface area (TPSA) is 31.4 Å². The summed E-state index contributed by atoms with van der Waals surface area (Å²) < 4.78 is 26.4. The van der Waals surface area contributed by atoms with Crippen molar-refractivity contribution < 1.29 is 8.78 Å². The van der Waals surface area contributed by atoms with Crippen molar-refractivity contribution >= 4 is 22.2 Å². The van der Waals surface area contributed by atoms with Crippen LogP contribution >= 0.6 is 11.3 Å². The third-order valence-corrected chi connectivity index (χ3v) is 5.25. The quantitative estimate of drug-likeness (QED) is 0.891. The van der Waals surface area contributed by atoms with Crippen LogP contribution in [0.5, 0.6) is 0 Å². The fourth-order valence-corrected chi connectivity index (χ4v) is 3.81. The standard InChI is InChI=1S/C17H22F2N4S/c1-22(2)17-20-9-14(24-17)11-23-7-3-4-13(10-23)21-12-5-6-15(18)16(19)8-12/h5-6,8-9,13,21H,3-4,7,10-11H2,1-2H3/t13-/m0/s1. The maximum Gasteiger partial charge on any atom is 0.185 e. The number of thiazole rings is 1. The first-order chi connectivity index (χ1) is 11.5. The summed E-state index contributed by atoms with van der Waals surface area (Å²) in [5.41, 5.74) is 0.633. The number of aromatic nitrogens is 1. The molecule has 1 atom stereocenters. The minimum absolute atomic E-state index is 0.241. The molecule has 1 aliphatic heterocycles. The second kappa shape index (κ2) is 7.44. The van der Waals surface area contributed by atoms with E-state index in [4.69, 9.17) is 0 Å². The fourth-order valence-electron chi connectivity index (χ4n) is 2.94. The third kappa shape index (κ3) is 4.21. The molecule has 3 rings (SSSR count). The molecule has 0 spiro atoms. The minimum Gasteiger partial charge on any atom is -0.381 e. The second-order valence-electron chi connectivity index (χ2n) is 6.35. The Morgan fingerprint density at radius 3 is 2.88 bits per heavy atom. The summed E-state index contributed by atoms with van der Waals surface area (Å²) in [4.78, 5) is 10.0. The van der Waals surface area contributed by atoms with E-state index >= 15 is 0 Å². The second-order valence-corrected chi connectivity index (χ2v) is 7.44. The summed E-state index contributed by atoms with van der Waals surface area (Å²) in [5, 5.41) is 4.33. The van der Waals surface area contributed by atoms with Gasteiger partial charge in [-0.25, -0.2) is 13.8 Å². The Bertz CT molecular complexity index is 689. The van der Waals surface area contributed by atoms with Gasteiger partial charge in [0, 0.05) is 56.1 Å². The van der Waals surface area contributed by atoms with Crippen LogP contribution in [0, 0.1) is 11.6 Å². The van der Waals surface area contributed by atoms with Gasteiger partial charge in [0.25, 0.3) is 0 Å². The SMILES string of the molecule is CN(C)c1ncc(CN2CCC[C@H](Nc3ccc(F)c(F)c3)C2)s1. The number of nitrogens with one attached hydrogen (secondary N) is 1. The average Bonchev–Trinajstić information content (AvgIpc) is 3.00. The van der Waals surface area contributed by atoms with Crippen molar-refractivity contribution in [2.45, 2.75) is 25.4 Å². The van der Waals surface area contributed by atoms with Crippen LogP contribution in [0.4, 0.5) is 19.6 Å². The van der Waals surface area contributed by atoms with Gasteiger partial charge >= 0.3 is 0 Å². The van der Waals surface area contributed by atoms with Gasteiger partial charge < -0.3 is 10.2 Å². The molecule has 24 heavy (non-hydrogen) atoms. The number of likely N-dealkylation sites (tertiary alicyclic amines) is 1. The van der Waals surface area contributed by atoms with Crippen molar-refractivity contribution in [2.24, 2.45) is 0 Å². The van der Waals surface area contributed by atoms with Crippen LogP contribution in [0.15, 0.2) is 24.4 Å². The molecule has 2 heterocycles. The lowest BCUT2D eigenvalue weighted by Crippen LogP contribution is -2.41. The zero-order valence-electron chi connectivity index (χ0n) is 13.9. The summed E-state index contributed by atoms with van der Waals surface area (Å²) >= 11 is 1.70. The first kappa shape index (κ1) is 17.1. The highest BCUT2D eigenvalue weighted by Crippen LogP contribution is 2.24. The van der Waals surface area contributed by atoms with Crippen LogP contribution < -0.4 is 10.2 Å². The number of rotatable bonds is 5. The smallest absolute Gasteiger partial charge is 0.185 e. The van der Waals surface area contributed by atoms with E-state index in [1.165, 1.54) is 17.0 Å². The van der Waals surface area contributed by atoms with Crippen molar-refractivity contribution in [1.82, 2.24) is 9.88 Å². The van der Waals surface area contributed by atoms with Gasteiger partial charge in [-0.05, 0) is 31.5 Å². The molecule has 2 aromatic rings. The van der Waals surface area contributed by atoms with Crippen LogP contribution in [0.1, 0.15) is 17.7 Å². The molecule has 0 bridgehead atoms. The molecular weight excluding hydrogens is 330 g/mol. The number of piperidine rings is 1. The van der Waals surface area contributed by atoms with Gasteiger partial charge in [-0.1, -0.05) is 0 Å². The number of benzene rings is 1. The molecule has 1 fully saturated rings. The molecule has 4 nitrogen and oxygen atoms in total. The number of hydrogen-bond donors (Lipinski definition) is 1. The first-order valence-electron chi connectivity index (χ1n) is 8.07. The van der Waals surface area contributed by atoms with Crippen LogP contribution in [-0.2, 0) is 6.54 Å². The molecule has 1 N–H and O–H groups in total. The van der Waals surface area contributed by atoms with Crippen molar-refractivity contribution in [3.63, 3.8) is 0 Å². The summed E-state index contributed by atoms with van der Waals surface area (Å²) in [6.07, 6.45) is 4.05. The number of nitrogens with zero attached hydrogens (tertiary/aromatic N) is 3. The molecule has 1 aromatic carbocycles. The van der Waals surface area contributed by atoms with E-state index in [1.54, 1.807) is 17.4 Å². The zero-order valence-corrected chi connectivity index (χ0v) is 14.7. The van der Waals surface area contributed by atoms with Crippen LogP contribution in [0.25, 0.3) is 0 Å². The Hall–Kier alpha value is -1.73. The van der Waals surface area contributed by atoms with E-state index in [1.807, 2.05) is 25.2 Å². The van der Waals surface area contributed by atoms with E-state index in [9.17, 15) is 8.78 Å². The average molecular weight is 352 g/mol. The molecule has 1 aliphatic rings. The van der Waals surface area contributed by atoms with Crippen molar-refractivity contribution in [3.05, 3.63) is 40.9 Å². The van der Waals surface area contributed by atoms with Gasteiger partial charge in [0.1, 0.15) is 0 Å². The highest BCUT2D eigenvalue weighted by Gasteiger charge is 2.21. The van der Waals surface area contributed by atoms with Gasteiger partial charge in [-0.3, -0.25) is 4.90 Å². The van der Waals surface area contributed by atoms with Crippen LogP contribution in [-0.4, -0.2) is 43.1 Å².